The Morgan fingerprint density at radius 2 is 2.00 bits per heavy atom. The Hall–Kier alpha value is -1.35. The molecule has 94 valence electrons. The zero-order valence-corrected chi connectivity index (χ0v) is 11.3. The van der Waals surface area contributed by atoms with Crippen molar-refractivity contribution in [1.82, 2.24) is 4.90 Å². The summed E-state index contributed by atoms with van der Waals surface area (Å²) in [5.74, 6) is 0.994. The highest BCUT2D eigenvalue weighted by atomic mass is 16.5. The van der Waals surface area contributed by atoms with E-state index in [1.807, 2.05) is 57.1 Å². The average Bonchev–Trinajstić information content (AvgIpc) is 2.29. The zero-order chi connectivity index (χ0) is 13.1. The summed E-state index contributed by atoms with van der Waals surface area (Å²) < 4.78 is 5.15. The van der Waals surface area contributed by atoms with Crippen LogP contribution in [0.3, 0.4) is 0 Å². The second-order valence-corrected chi connectivity index (χ2v) is 4.90. The molecule has 0 heterocycles. The fraction of sp³-hybridized carbons (Fsp3) is 0.500. The number of methoxy groups -OCH3 is 1. The second-order valence-electron chi connectivity index (χ2n) is 4.90. The van der Waals surface area contributed by atoms with Gasteiger partial charge >= 0.3 is 0 Å². The van der Waals surface area contributed by atoms with Gasteiger partial charge in [0.25, 0.3) is 0 Å². The van der Waals surface area contributed by atoms with Gasteiger partial charge in [0.15, 0.2) is 5.78 Å². The van der Waals surface area contributed by atoms with Crippen LogP contribution in [0, 0.1) is 0 Å². The Balaban J connectivity index is 2.81. The average molecular weight is 235 g/mol. The van der Waals surface area contributed by atoms with E-state index < -0.39 is 5.54 Å². The molecule has 0 spiro atoms. The highest BCUT2D eigenvalue weighted by Gasteiger charge is 2.29. The maximum atomic E-state index is 12.2. The number of hydrogen-bond donors (Lipinski definition) is 0. The number of nitrogens with zero attached hydrogens (tertiary/aromatic N) is 1. The molecule has 0 unspecified atom stereocenters. The van der Waals surface area contributed by atoms with Gasteiger partial charge in [-0.25, -0.2) is 0 Å². The summed E-state index contributed by atoms with van der Waals surface area (Å²) in [5.41, 5.74) is 0.549. The Morgan fingerprint density at radius 1 is 1.35 bits per heavy atom. The monoisotopic (exact) mass is 235 g/mol. The predicted molar refractivity (Wildman–Crippen MR) is 69.5 cm³/mol. The molecule has 0 bridgehead atoms. The van der Waals surface area contributed by atoms with E-state index in [1.165, 1.54) is 0 Å². The van der Waals surface area contributed by atoms with Crippen LogP contribution in [0.25, 0.3) is 0 Å². The van der Waals surface area contributed by atoms with Crippen LogP contribution in [-0.4, -0.2) is 37.4 Å². The van der Waals surface area contributed by atoms with E-state index in [0.717, 1.165) is 11.3 Å². The molecule has 1 rings (SSSR count). The van der Waals surface area contributed by atoms with Gasteiger partial charge in [-0.1, -0.05) is 12.1 Å². The van der Waals surface area contributed by atoms with Gasteiger partial charge in [-0.05, 0) is 45.6 Å². The highest BCUT2D eigenvalue weighted by molar-refractivity contribution is 5.89. The molecule has 0 N–H and O–H groups in total. The number of benzene rings is 1. The van der Waals surface area contributed by atoms with Crippen LogP contribution in [0.5, 0.6) is 5.75 Å². The lowest BCUT2D eigenvalue weighted by Gasteiger charge is -2.30. The third-order valence-corrected chi connectivity index (χ3v) is 3.30. The summed E-state index contributed by atoms with van der Waals surface area (Å²) in [7, 11) is 5.47. The van der Waals surface area contributed by atoms with Gasteiger partial charge in [-0.15, -0.1) is 0 Å². The van der Waals surface area contributed by atoms with Crippen molar-refractivity contribution in [2.24, 2.45) is 0 Å². The summed E-state index contributed by atoms with van der Waals surface area (Å²) in [4.78, 5) is 14.1. The van der Waals surface area contributed by atoms with Crippen molar-refractivity contribution in [2.75, 3.05) is 21.2 Å². The largest absolute Gasteiger partial charge is 0.497 e. The van der Waals surface area contributed by atoms with E-state index in [4.69, 9.17) is 4.74 Å². The van der Waals surface area contributed by atoms with Crippen molar-refractivity contribution in [2.45, 2.75) is 25.8 Å². The maximum Gasteiger partial charge on any atom is 0.156 e. The second kappa shape index (κ2) is 5.32. The smallest absolute Gasteiger partial charge is 0.156 e. The minimum absolute atomic E-state index is 0.204. The predicted octanol–water partition coefficient (Wildman–Crippen LogP) is 2.15. The summed E-state index contributed by atoms with van der Waals surface area (Å²) in [5, 5.41) is 0. The van der Waals surface area contributed by atoms with Crippen molar-refractivity contribution in [3.63, 3.8) is 0 Å². The molecule has 0 fully saturated rings. The summed E-state index contributed by atoms with van der Waals surface area (Å²) in [6, 6.07) is 7.64. The molecule has 1 aromatic carbocycles. The maximum absolute atomic E-state index is 12.2. The van der Waals surface area contributed by atoms with Crippen LogP contribution in [-0.2, 0) is 11.2 Å². The van der Waals surface area contributed by atoms with E-state index in [0.29, 0.717) is 6.42 Å². The molecular formula is C14H21NO2. The number of ether oxygens (including phenoxy) is 1. The van der Waals surface area contributed by atoms with Crippen molar-refractivity contribution in [3.05, 3.63) is 29.8 Å². The third kappa shape index (κ3) is 3.30. The molecule has 0 aliphatic carbocycles. The first-order valence-corrected chi connectivity index (χ1v) is 5.71. The van der Waals surface area contributed by atoms with Gasteiger partial charge in [0.1, 0.15) is 5.75 Å². The molecule has 1 aromatic rings. The Bertz CT molecular complexity index is 397. The number of carbonyl (C=O) groups is 1. The summed E-state index contributed by atoms with van der Waals surface area (Å²) in [6.45, 7) is 3.88. The van der Waals surface area contributed by atoms with Gasteiger partial charge in [0, 0.05) is 6.42 Å². The first-order chi connectivity index (χ1) is 7.87. The Morgan fingerprint density at radius 3 is 2.53 bits per heavy atom. The van der Waals surface area contributed by atoms with E-state index in [2.05, 4.69) is 0 Å². The number of rotatable bonds is 5. The standard InChI is InChI=1S/C14H21NO2/c1-14(2,15(3)4)13(16)10-11-7-6-8-12(9-11)17-5/h6-9H,10H2,1-5H3. The van der Waals surface area contributed by atoms with E-state index >= 15 is 0 Å². The number of carbonyl (C=O) groups excluding carboxylic acids is 1. The molecule has 3 heteroatoms. The van der Waals surface area contributed by atoms with Gasteiger partial charge in [0.2, 0.25) is 0 Å². The Labute approximate surface area is 103 Å². The highest BCUT2D eigenvalue weighted by Crippen LogP contribution is 2.18. The molecule has 0 atom stereocenters. The molecule has 3 nitrogen and oxygen atoms in total. The molecule has 17 heavy (non-hydrogen) atoms. The van der Waals surface area contributed by atoms with Crippen molar-refractivity contribution in [1.29, 1.82) is 0 Å². The van der Waals surface area contributed by atoms with Crippen LogP contribution in [0.1, 0.15) is 19.4 Å². The van der Waals surface area contributed by atoms with Gasteiger partial charge in [0.05, 0.1) is 12.6 Å². The number of ketones is 1. The van der Waals surface area contributed by atoms with Crippen LogP contribution in [0.2, 0.25) is 0 Å². The minimum Gasteiger partial charge on any atom is -0.497 e. The molecule has 0 aliphatic rings. The fourth-order valence-electron chi connectivity index (χ4n) is 1.43. The number of likely N-dealkylation sites (N-methyl/N-ethyl adjacent to an activating group) is 1. The van der Waals surface area contributed by atoms with Crippen molar-refractivity contribution >= 4 is 5.78 Å². The summed E-state index contributed by atoms with van der Waals surface area (Å²) in [6.07, 6.45) is 0.433. The molecule has 0 amide bonds. The Kier molecular flexibility index (Phi) is 4.29. The van der Waals surface area contributed by atoms with Crippen molar-refractivity contribution < 1.29 is 9.53 Å². The van der Waals surface area contributed by atoms with Gasteiger partial charge in [-0.3, -0.25) is 9.69 Å². The van der Waals surface area contributed by atoms with E-state index in [9.17, 15) is 4.79 Å². The summed E-state index contributed by atoms with van der Waals surface area (Å²) >= 11 is 0. The van der Waals surface area contributed by atoms with Gasteiger partial charge in [-0.2, -0.15) is 0 Å². The molecule has 0 saturated heterocycles. The lowest BCUT2D eigenvalue weighted by atomic mass is 9.92. The normalized spacial score (nSPS) is 11.6. The van der Waals surface area contributed by atoms with Gasteiger partial charge < -0.3 is 4.74 Å². The molecule has 0 radical (unpaired) electrons. The molecule has 0 aliphatic heterocycles. The first kappa shape index (κ1) is 13.7. The van der Waals surface area contributed by atoms with Crippen molar-refractivity contribution in [3.8, 4) is 5.75 Å². The molecule has 0 saturated carbocycles. The van der Waals surface area contributed by atoms with Crippen LogP contribution < -0.4 is 4.74 Å². The lowest BCUT2D eigenvalue weighted by Crippen LogP contribution is -2.46. The molecule has 0 aromatic heterocycles. The van der Waals surface area contributed by atoms with E-state index in [1.54, 1.807) is 7.11 Å². The molecular weight excluding hydrogens is 214 g/mol. The van der Waals surface area contributed by atoms with Crippen LogP contribution in [0.4, 0.5) is 0 Å². The first-order valence-electron chi connectivity index (χ1n) is 5.71. The van der Waals surface area contributed by atoms with Crippen LogP contribution in [0.15, 0.2) is 24.3 Å². The fourth-order valence-corrected chi connectivity index (χ4v) is 1.43. The lowest BCUT2D eigenvalue weighted by molar-refractivity contribution is -0.127. The zero-order valence-electron chi connectivity index (χ0n) is 11.3. The minimum atomic E-state index is -0.441. The van der Waals surface area contributed by atoms with E-state index in [-0.39, 0.29) is 5.78 Å². The van der Waals surface area contributed by atoms with Crippen LogP contribution >= 0.6 is 0 Å². The SMILES string of the molecule is COc1cccc(CC(=O)C(C)(C)N(C)C)c1. The number of Topliss-reactive ketones (excluding diaryl/α,β-unsaturated/α-hetero) is 1. The topological polar surface area (TPSA) is 29.5 Å². The quantitative estimate of drug-likeness (QED) is 0.783. The number of hydrogen-bond acceptors (Lipinski definition) is 3. The third-order valence-electron chi connectivity index (χ3n) is 3.30.